The van der Waals surface area contributed by atoms with E-state index in [0.29, 0.717) is 11.4 Å². The van der Waals surface area contributed by atoms with Crippen molar-refractivity contribution in [3.63, 3.8) is 0 Å². The molecule has 3 aromatic rings. The maximum atomic E-state index is 13.3. The second kappa shape index (κ2) is 8.60. The van der Waals surface area contributed by atoms with E-state index in [1.165, 1.54) is 37.1 Å². The number of sulfonamides is 1. The third kappa shape index (κ3) is 4.29. The third-order valence-electron chi connectivity index (χ3n) is 4.58. The van der Waals surface area contributed by atoms with Crippen LogP contribution in [0.5, 0.6) is 0 Å². The molecule has 0 bridgehead atoms. The Morgan fingerprint density at radius 1 is 0.968 bits per heavy atom. The first kappa shape index (κ1) is 22.0. The number of para-hydroxylation sites is 1. The number of methoxy groups -OCH3 is 2. The van der Waals surface area contributed by atoms with Gasteiger partial charge in [-0.2, -0.15) is 5.10 Å². The van der Waals surface area contributed by atoms with Gasteiger partial charge < -0.3 is 9.47 Å². The molecule has 0 fully saturated rings. The van der Waals surface area contributed by atoms with Crippen LogP contribution in [-0.2, 0) is 19.5 Å². The Labute approximate surface area is 179 Å². The number of rotatable bonds is 6. The molecule has 31 heavy (non-hydrogen) atoms. The average Bonchev–Trinajstić information content (AvgIpc) is 3.07. The second-order valence-corrected chi connectivity index (χ2v) is 8.22. The molecule has 9 nitrogen and oxygen atoms in total. The lowest BCUT2D eigenvalue weighted by atomic mass is 10.1. The molecule has 10 heteroatoms. The van der Waals surface area contributed by atoms with Crippen molar-refractivity contribution in [1.29, 1.82) is 0 Å². The third-order valence-corrected chi connectivity index (χ3v) is 6.20. The lowest BCUT2D eigenvalue weighted by Crippen LogP contribution is -2.18. The molecule has 2 aromatic carbocycles. The molecule has 162 valence electrons. The van der Waals surface area contributed by atoms with Crippen molar-refractivity contribution in [1.82, 2.24) is 9.78 Å². The fourth-order valence-corrected chi connectivity index (χ4v) is 4.66. The molecule has 3 rings (SSSR count). The van der Waals surface area contributed by atoms with E-state index in [4.69, 9.17) is 4.74 Å². The Bertz CT molecular complexity index is 1250. The Kier molecular flexibility index (Phi) is 6.11. The molecule has 0 saturated carbocycles. The van der Waals surface area contributed by atoms with Crippen molar-refractivity contribution < 1.29 is 27.5 Å². The first-order valence-electron chi connectivity index (χ1n) is 9.14. The predicted octanol–water partition coefficient (Wildman–Crippen LogP) is 2.86. The van der Waals surface area contributed by atoms with Crippen LogP contribution >= 0.6 is 0 Å². The largest absolute Gasteiger partial charge is 0.465 e. The van der Waals surface area contributed by atoms with E-state index < -0.39 is 22.0 Å². The minimum Gasteiger partial charge on any atom is -0.465 e. The Hall–Kier alpha value is -3.66. The number of aryl methyl sites for hydroxylation is 1. The van der Waals surface area contributed by atoms with Crippen molar-refractivity contribution in [2.45, 2.75) is 18.7 Å². The number of hydrogen-bond donors (Lipinski definition) is 1. The number of ether oxygens (including phenoxy) is 2. The number of nitrogens with zero attached hydrogens (tertiary/aromatic N) is 2. The highest BCUT2D eigenvalue weighted by Crippen LogP contribution is 2.27. The van der Waals surface area contributed by atoms with E-state index in [1.807, 2.05) is 18.2 Å². The summed E-state index contributed by atoms with van der Waals surface area (Å²) in [7, 11) is -1.80. The van der Waals surface area contributed by atoms with Crippen LogP contribution in [0.25, 0.3) is 5.69 Å². The fraction of sp³-hybridized carbons (Fsp3) is 0.190. The van der Waals surface area contributed by atoms with Crippen LogP contribution in [-0.4, -0.2) is 44.4 Å². The molecule has 0 unspecified atom stereocenters. The summed E-state index contributed by atoms with van der Waals surface area (Å²) in [6.45, 7) is 3.21. The van der Waals surface area contributed by atoms with Gasteiger partial charge in [0.2, 0.25) is 0 Å². The number of hydrogen-bond acceptors (Lipinski definition) is 7. The summed E-state index contributed by atoms with van der Waals surface area (Å²) in [5.74, 6) is -1.44. The van der Waals surface area contributed by atoms with Crippen LogP contribution in [0.2, 0.25) is 0 Å². The number of anilines is 1. The van der Waals surface area contributed by atoms with Crippen LogP contribution in [0.4, 0.5) is 5.69 Å². The molecular formula is C21H21N3O6S. The molecule has 0 spiro atoms. The lowest BCUT2D eigenvalue weighted by Gasteiger charge is -2.13. The number of carbonyl (C=O) groups is 2. The summed E-state index contributed by atoms with van der Waals surface area (Å²) in [6, 6.07) is 13.0. The summed E-state index contributed by atoms with van der Waals surface area (Å²) >= 11 is 0. The van der Waals surface area contributed by atoms with Gasteiger partial charge in [0, 0.05) is 0 Å². The summed E-state index contributed by atoms with van der Waals surface area (Å²) in [5, 5.41) is 4.35. The van der Waals surface area contributed by atoms with Gasteiger partial charge >= 0.3 is 11.9 Å². The summed E-state index contributed by atoms with van der Waals surface area (Å²) < 4.78 is 39.9. The smallest absolute Gasteiger partial charge is 0.339 e. The van der Waals surface area contributed by atoms with E-state index in [9.17, 15) is 18.0 Å². The van der Waals surface area contributed by atoms with Gasteiger partial charge in [-0.1, -0.05) is 18.2 Å². The van der Waals surface area contributed by atoms with Crippen molar-refractivity contribution >= 4 is 27.6 Å². The predicted molar refractivity (Wildman–Crippen MR) is 113 cm³/mol. The summed E-state index contributed by atoms with van der Waals surface area (Å²) in [5.41, 5.74) is 1.27. The fourth-order valence-electron chi connectivity index (χ4n) is 3.20. The molecule has 1 heterocycles. The highest BCUT2D eigenvalue weighted by atomic mass is 32.2. The van der Waals surface area contributed by atoms with E-state index in [2.05, 4.69) is 14.6 Å². The van der Waals surface area contributed by atoms with Gasteiger partial charge in [0.05, 0.1) is 48.1 Å². The number of nitrogens with one attached hydrogen (secondary N) is 1. The van der Waals surface area contributed by atoms with Gasteiger partial charge in [-0.05, 0) is 44.2 Å². The zero-order valence-corrected chi connectivity index (χ0v) is 18.2. The SMILES string of the molecule is COC(=O)c1ccc(C(=O)OC)c(NS(=O)(=O)c2c(C)nn(-c3ccccc3)c2C)c1. The van der Waals surface area contributed by atoms with Gasteiger partial charge in [0.1, 0.15) is 4.90 Å². The first-order chi connectivity index (χ1) is 14.7. The Morgan fingerprint density at radius 2 is 1.61 bits per heavy atom. The molecule has 0 radical (unpaired) electrons. The van der Waals surface area contributed by atoms with Crippen LogP contribution in [0.1, 0.15) is 32.1 Å². The van der Waals surface area contributed by atoms with E-state index >= 15 is 0 Å². The minimum absolute atomic E-state index is 0.0318. The van der Waals surface area contributed by atoms with E-state index in [-0.39, 0.29) is 27.4 Å². The Balaban J connectivity index is 2.10. The molecular weight excluding hydrogens is 422 g/mol. The molecule has 1 N–H and O–H groups in total. The minimum atomic E-state index is -4.17. The molecule has 1 aromatic heterocycles. The van der Waals surface area contributed by atoms with E-state index in [0.717, 1.165) is 0 Å². The van der Waals surface area contributed by atoms with Crippen molar-refractivity contribution in [3.8, 4) is 5.69 Å². The number of carbonyl (C=O) groups excluding carboxylic acids is 2. The van der Waals surface area contributed by atoms with Crippen LogP contribution in [0.15, 0.2) is 53.4 Å². The van der Waals surface area contributed by atoms with Gasteiger partial charge in [-0.3, -0.25) is 4.72 Å². The molecule has 0 saturated heterocycles. The highest BCUT2D eigenvalue weighted by molar-refractivity contribution is 7.92. The van der Waals surface area contributed by atoms with Gasteiger partial charge in [0.15, 0.2) is 0 Å². The highest BCUT2D eigenvalue weighted by Gasteiger charge is 2.27. The Morgan fingerprint density at radius 3 is 2.23 bits per heavy atom. The monoisotopic (exact) mass is 443 g/mol. The molecule has 0 aliphatic carbocycles. The normalized spacial score (nSPS) is 11.1. The zero-order chi connectivity index (χ0) is 22.8. The van der Waals surface area contributed by atoms with Crippen molar-refractivity contribution in [2.75, 3.05) is 18.9 Å². The lowest BCUT2D eigenvalue weighted by molar-refractivity contribution is 0.0587. The molecule has 0 aliphatic rings. The quantitative estimate of drug-likeness (QED) is 0.582. The maximum absolute atomic E-state index is 13.3. The summed E-state index contributed by atoms with van der Waals surface area (Å²) in [4.78, 5) is 24.0. The summed E-state index contributed by atoms with van der Waals surface area (Å²) in [6.07, 6.45) is 0. The van der Waals surface area contributed by atoms with Gasteiger partial charge in [-0.25, -0.2) is 22.7 Å². The van der Waals surface area contributed by atoms with Gasteiger partial charge in [-0.15, -0.1) is 0 Å². The average molecular weight is 443 g/mol. The number of esters is 2. The standard InChI is InChI=1S/C21H21N3O6S/c1-13-19(14(2)24(22-13)16-8-6-5-7-9-16)31(27,28)23-18-12-15(20(25)29-3)10-11-17(18)21(26)30-4/h5-12,23H,1-4H3. The van der Waals surface area contributed by atoms with Crippen LogP contribution in [0.3, 0.4) is 0 Å². The second-order valence-electron chi connectivity index (χ2n) is 6.60. The molecule has 0 amide bonds. The molecule has 0 atom stereocenters. The maximum Gasteiger partial charge on any atom is 0.339 e. The van der Waals surface area contributed by atoms with Gasteiger partial charge in [0.25, 0.3) is 10.0 Å². The topological polar surface area (TPSA) is 117 Å². The number of benzene rings is 2. The number of aromatic nitrogens is 2. The van der Waals surface area contributed by atoms with Crippen LogP contribution < -0.4 is 4.72 Å². The van der Waals surface area contributed by atoms with E-state index in [1.54, 1.807) is 26.0 Å². The molecule has 0 aliphatic heterocycles. The first-order valence-corrected chi connectivity index (χ1v) is 10.6. The van der Waals surface area contributed by atoms with Crippen LogP contribution in [0, 0.1) is 13.8 Å². The van der Waals surface area contributed by atoms with Crippen molar-refractivity contribution in [2.24, 2.45) is 0 Å². The van der Waals surface area contributed by atoms with Crippen molar-refractivity contribution in [3.05, 3.63) is 71.0 Å². The zero-order valence-electron chi connectivity index (χ0n) is 17.4.